The van der Waals surface area contributed by atoms with Crippen LogP contribution < -0.4 is 20.5 Å². The maximum atomic E-state index is 12.2. The lowest BCUT2D eigenvalue weighted by atomic mass is 10.1. The summed E-state index contributed by atoms with van der Waals surface area (Å²) >= 11 is 1.38. The van der Waals surface area contributed by atoms with Crippen LogP contribution in [0.15, 0.2) is 23.6 Å². The molecule has 1 heterocycles. The molecule has 1 aromatic heterocycles. The first-order chi connectivity index (χ1) is 11.1. The maximum Gasteiger partial charge on any atom is 0.271 e. The molecule has 0 aliphatic rings. The number of hydrogen-bond acceptors (Lipinski definition) is 6. The Morgan fingerprint density at radius 3 is 2.83 bits per heavy atom. The average molecular weight is 335 g/mol. The lowest BCUT2D eigenvalue weighted by Crippen LogP contribution is -2.27. The smallest absolute Gasteiger partial charge is 0.271 e. The van der Waals surface area contributed by atoms with Crippen molar-refractivity contribution in [3.8, 4) is 11.5 Å². The monoisotopic (exact) mass is 335 g/mol. The summed E-state index contributed by atoms with van der Waals surface area (Å²) in [7, 11) is 1.59. The maximum absolute atomic E-state index is 12.2. The number of hydrogen-bond donors (Lipinski definition) is 2. The lowest BCUT2D eigenvalue weighted by molar-refractivity contribution is 0.0935. The van der Waals surface area contributed by atoms with Crippen molar-refractivity contribution in [1.82, 2.24) is 10.3 Å². The molecule has 3 N–H and O–H groups in total. The zero-order valence-electron chi connectivity index (χ0n) is 13.5. The highest BCUT2D eigenvalue weighted by Crippen LogP contribution is 2.30. The van der Waals surface area contributed by atoms with Gasteiger partial charge in [0.2, 0.25) is 0 Å². The molecule has 0 aliphatic heterocycles. The van der Waals surface area contributed by atoms with Gasteiger partial charge in [-0.25, -0.2) is 4.98 Å². The van der Waals surface area contributed by atoms with Crippen LogP contribution in [0.1, 0.15) is 40.9 Å². The topological polar surface area (TPSA) is 86.5 Å². The van der Waals surface area contributed by atoms with Gasteiger partial charge in [0.05, 0.1) is 19.8 Å². The van der Waals surface area contributed by atoms with E-state index in [4.69, 9.17) is 15.2 Å². The van der Waals surface area contributed by atoms with Crippen molar-refractivity contribution in [1.29, 1.82) is 0 Å². The number of benzene rings is 1. The Labute approximate surface area is 139 Å². The number of aromatic nitrogens is 1. The van der Waals surface area contributed by atoms with Crippen LogP contribution in [0, 0.1) is 0 Å². The van der Waals surface area contributed by atoms with Crippen molar-refractivity contribution in [3.05, 3.63) is 39.8 Å². The molecular weight excluding hydrogens is 314 g/mol. The number of carbonyl (C=O) groups is 1. The molecule has 1 atom stereocenters. The summed E-state index contributed by atoms with van der Waals surface area (Å²) in [5.41, 5.74) is 6.83. The van der Waals surface area contributed by atoms with Crippen molar-refractivity contribution in [2.45, 2.75) is 26.4 Å². The fourth-order valence-electron chi connectivity index (χ4n) is 2.09. The molecule has 1 unspecified atom stereocenters. The van der Waals surface area contributed by atoms with Crippen molar-refractivity contribution in [2.75, 3.05) is 13.7 Å². The predicted octanol–water partition coefficient (Wildman–Crippen LogP) is 2.50. The zero-order valence-corrected chi connectivity index (χ0v) is 14.3. The van der Waals surface area contributed by atoms with Crippen LogP contribution in [0.4, 0.5) is 0 Å². The Morgan fingerprint density at radius 2 is 2.22 bits per heavy atom. The molecule has 0 spiro atoms. The van der Waals surface area contributed by atoms with Crippen LogP contribution in [0.5, 0.6) is 11.5 Å². The molecule has 0 saturated heterocycles. The standard InChI is InChI=1S/C16H21N3O3S/c1-4-22-13-6-5-11(7-14(13)21-3)10(2)18-16(20)12-9-23-15(8-17)19-12/h5-7,9-10H,4,8,17H2,1-3H3,(H,18,20). The van der Waals surface area contributed by atoms with Crippen molar-refractivity contribution in [2.24, 2.45) is 5.73 Å². The van der Waals surface area contributed by atoms with Gasteiger partial charge in [-0.15, -0.1) is 11.3 Å². The molecule has 1 aromatic carbocycles. The number of amides is 1. The van der Waals surface area contributed by atoms with E-state index < -0.39 is 0 Å². The largest absolute Gasteiger partial charge is 0.493 e. The Hall–Kier alpha value is -2.12. The molecule has 0 saturated carbocycles. The summed E-state index contributed by atoms with van der Waals surface area (Å²) in [5.74, 6) is 1.11. The van der Waals surface area contributed by atoms with E-state index in [0.29, 0.717) is 30.3 Å². The van der Waals surface area contributed by atoms with E-state index in [1.165, 1.54) is 11.3 Å². The van der Waals surface area contributed by atoms with Gasteiger partial charge in [-0.05, 0) is 31.5 Å². The van der Waals surface area contributed by atoms with E-state index in [1.807, 2.05) is 32.0 Å². The number of nitrogens with one attached hydrogen (secondary N) is 1. The summed E-state index contributed by atoms with van der Waals surface area (Å²) in [6.45, 7) is 4.72. The van der Waals surface area contributed by atoms with Crippen LogP contribution in [0.3, 0.4) is 0 Å². The second-order valence-electron chi connectivity index (χ2n) is 4.87. The number of nitrogens with two attached hydrogens (primary N) is 1. The molecule has 7 heteroatoms. The summed E-state index contributed by atoms with van der Waals surface area (Å²) in [5, 5.41) is 5.37. The first-order valence-corrected chi connectivity index (χ1v) is 8.23. The minimum absolute atomic E-state index is 0.185. The second-order valence-corrected chi connectivity index (χ2v) is 5.81. The Balaban J connectivity index is 2.10. The summed E-state index contributed by atoms with van der Waals surface area (Å²) in [6, 6.07) is 5.43. The van der Waals surface area contributed by atoms with Crippen LogP contribution >= 0.6 is 11.3 Å². The number of carbonyl (C=O) groups excluding carboxylic acids is 1. The number of thiazole rings is 1. The third-order valence-corrected chi connectivity index (χ3v) is 4.17. The molecule has 0 aliphatic carbocycles. The van der Waals surface area contributed by atoms with Gasteiger partial charge in [0, 0.05) is 11.9 Å². The highest BCUT2D eigenvalue weighted by molar-refractivity contribution is 7.09. The van der Waals surface area contributed by atoms with Gasteiger partial charge in [-0.1, -0.05) is 6.07 Å². The molecule has 1 amide bonds. The van der Waals surface area contributed by atoms with E-state index in [9.17, 15) is 4.79 Å². The Morgan fingerprint density at radius 1 is 1.43 bits per heavy atom. The number of methoxy groups -OCH3 is 1. The molecule has 2 aromatic rings. The van der Waals surface area contributed by atoms with Gasteiger partial charge >= 0.3 is 0 Å². The van der Waals surface area contributed by atoms with Gasteiger partial charge < -0.3 is 20.5 Å². The van der Waals surface area contributed by atoms with E-state index in [2.05, 4.69) is 10.3 Å². The van der Waals surface area contributed by atoms with Crippen LogP contribution in [-0.2, 0) is 6.54 Å². The third kappa shape index (κ3) is 4.20. The first-order valence-electron chi connectivity index (χ1n) is 7.35. The van der Waals surface area contributed by atoms with Crippen molar-refractivity contribution >= 4 is 17.2 Å². The van der Waals surface area contributed by atoms with Gasteiger partial charge in [-0.3, -0.25) is 4.79 Å². The molecule has 0 bridgehead atoms. The number of ether oxygens (including phenoxy) is 2. The van der Waals surface area contributed by atoms with Crippen LogP contribution in [0.2, 0.25) is 0 Å². The minimum atomic E-state index is -0.221. The highest BCUT2D eigenvalue weighted by atomic mass is 32.1. The summed E-state index contributed by atoms with van der Waals surface area (Å²) < 4.78 is 10.8. The molecule has 6 nitrogen and oxygen atoms in total. The number of nitrogens with zero attached hydrogens (tertiary/aromatic N) is 1. The van der Waals surface area contributed by atoms with Crippen molar-refractivity contribution in [3.63, 3.8) is 0 Å². The first kappa shape index (κ1) is 17.2. The SMILES string of the molecule is CCOc1ccc(C(C)NC(=O)c2csc(CN)n2)cc1OC. The normalized spacial score (nSPS) is 11.8. The van der Waals surface area contributed by atoms with E-state index in [-0.39, 0.29) is 11.9 Å². The van der Waals surface area contributed by atoms with Crippen LogP contribution in [-0.4, -0.2) is 24.6 Å². The van der Waals surface area contributed by atoms with E-state index in [1.54, 1.807) is 12.5 Å². The highest BCUT2D eigenvalue weighted by Gasteiger charge is 2.16. The third-order valence-electron chi connectivity index (χ3n) is 3.29. The predicted molar refractivity (Wildman–Crippen MR) is 90.0 cm³/mol. The fourth-order valence-corrected chi connectivity index (χ4v) is 2.75. The molecule has 0 radical (unpaired) electrons. The zero-order chi connectivity index (χ0) is 16.8. The van der Waals surface area contributed by atoms with Gasteiger partial charge in [-0.2, -0.15) is 0 Å². The van der Waals surface area contributed by atoms with Gasteiger partial charge in [0.25, 0.3) is 5.91 Å². The molecule has 0 fully saturated rings. The van der Waals surface area contributed by atoms with Crippen LogP contribution in [0.25, 0.3) is 0 Å². The molecule has 124 valence electrons. The van der Waals surface area contributed by atoms with Gasteiger partial charge in [0.1, 0.15) is 10.7 Å². The summed E-state index contributed by atoms with van der Waals surface area (Å²) in [4.78, 5) is 16.4. The fraction of sp³-hybridized carbons (Fsp3) is 0.375. The molecule has 23 heavy (non-hydrogen) atoms. The quantitative estimate of drug-likeness (QED) is 0.812. The molecule has 2 rings (SSSR count). The Kier molecular flexibility index (Phi) is 5.95. The summed E-state index contributed by atoms with van der Waals surface area (Å²) in [6.07, 6.45) is 0. The Bertz CT molecular complexity index is 672. The molecular formula is C16H21N3O3S. The van der Waals surface area contributed by atoms with Gasteiger partial charge in [0.15, 0.2) is 11.5 Å². The van der Waals surface area contributed by atoms with E-state index >= 15 is 0 Å². The lowest BCUT2D eigenvalue weighted by Gasteiger charge is -2.16. The number of rotatable bonds is 7. The average Bonchev–Trinajstić information content (AvgIpc) is 3.04. The van der Waals surface area contributed by atoms with Crippen molar-refractivity contribution < 1.29 is 14.3 Å². The van der Waals surface area contributed by atoms with E-state index in [0.717, 1.165) is 10.6 Å². The minimum Gasteiger partial charge on any atom is -0.493 e. The second kappa shape index (κ2) is 7.94.